The smallest absolute Gasteiger partial charge is 0.349 e. The Morgan fingerprint density at radius 3 is 2.95 bits per heavy atom. The summed E-state index contributed by atoms with van der Waals surface area (Å²) >= 11 is 0. The van der Waals surface area contributed by atoms with Gasteiger partial charge in [0, 0.05) is 12.2 Å². The van der Waals surface area contributed by atoms with Crippen LogP contribution in [0, 0.1) is 0 Å². The molecule has 6 nitrogen and oxygen atoms in total. The lowest BCUT2D eigenvalue weighted by atomic mass is 9.95. The standard InChI is InChI=1S/C14H18N4O2/c19-13(16-11-5-2-1-3-6-11)10-18-14(20)17-8-4-7-12(17)9-15-18/h4,7-9,11H,1-3,5-6,10H2,(H,16,19). The van der Waals surface area contributed by atoms with Gasteiger partial charge in [0.05, 0.1) is 11.7 Å². The van der Waals surface area contributed by atoms with Crippen molar-refractivity contribution in [2.24, 2.45) is 0 Å². The minimum Gasteiger partial charge on any atom is -0.352 e. The molecule has 0 saturated heterocycles. The molecular weight excluding hydrogens is 256 g/mol. The lowest BCUT2D eigenvalue weighted by molar-refractivity contribution is -0.122. The van der Waals surface area contributed by atoms with Crippen molar-refractivity contribution in [2.45, 2.75) is 44.7 Å². The van der Waals surface area contributed by atoms with Crippen molar-refractivity contribution in [1.82, 2.24) is 19.5 Å². The van der Waals surface area contributed by atoms with Gasteiger partial charge in [-0.05, 0) is 25.0 Å². The molecule has 0 atom stereocenters. The van der Waals surface area contributed by atoms with Crippen LogP contribution in [0.15, 0.2) is 29.3 Å². The largest absolute Gasteiger partial charge is 0.352 e. The van der Waals surface area contributed by atoms with Gasteiger partial charge in [0.15, 0.2) is 0 Å². The topological polar surface area (TPSA) is 68.4 Å². The van der Waals surface area contributed by atoms with Crippen LogP contribution in [0.1, 0.15) is 32.1 Å². The van der Waals surface area contributed by atoms with E-state index in [1.54, 1.807) is 24.5 Å². The van der Waals surface area contributed by atoms with E-state index in [1.807, 2.05) is 0 Å². The van der Waals surface area contributed by atoms with Crippen molar-refractivity contribution in [3.8, 4) is 0 Å². The SMILES string of the molecule is O=C(Cn1ncc2cccn2c1=O)NC1CCCCC1. The van der Waals surface area contributed by atoms with Gasteiger partial charge in [-0.25, -0.2) is 9.48 Å². The molecular formula is C14H18N4O2. The van der Waals surface area contributed by atoms with Gasteiger partial charge in [-0.3, -0.25) is 9.20 Å². The summed E-state index contributed by atoms with van der Waals surface area (Å²) in [5.41, 5.74) is 0.449. The van der Waals surface area contributed by atoms with E-state index in [1.165, 1.54) is 28.3 Å². The number of nitrogens with zero attached hydrogens (tertiary/aromatic N) is 3. The molecule has 0 aliphatic heterocycles. The summed E-state index contributed by atoms with van der Waals surface area (Å²) in [5.74, 6) is -0.141. The molecule has 2 aromatic heterocycles. The fourth-order valence-corrected chi connectivity index (χ4v) is 2.74. The van der Waals surface area contributed by atoms with Crippen molar-refractivity contribution in [2.75, 3.05) is 0 Å². The third kappa shape index (κ3) is 2.59. The van der Waals surface area contributed by atoms with Gasteiger partial charge in [0.25, 0.3) is 0 Å². The van der Waals surface area contributed by atoms with E-state index in [0.29, 0.717) is 0 Å². The molecule has 1 aliphatic carbocycles. The van der Waals surface area contributed by atoms with Crippen LogP contribution < -0.4 is 11.0 Å². The van der Waals surface area contributed by atoms with Gasteiger partial charge in [-0.2, -0.15) is 5.10 Å². The Morgan fingerprint density at radius 1 is 1.35 bits per heavy atom. The summed E-state index contributed by atoms with van der Waals surface area (Å²) in [4.78, 5) is 24.1. The minimum absolute atomic E-state index is 0.0244. The van der Waals surface area contributed by atoms with Crippen LogP contribution in [-0.4, -0.2) is 26.1 Å². The lowest BCUT2D eigenvalue weighted by Crippen LogP contribution is -2.41. The molecule has 1 amide bonds. The summed E-state index contributed by atoms with van der Waals surface area (Å²) < 4.78 is 2.69. The molecule has 0 aromatic carbocycles. The van der Waals surface area contributed by atoms with E-state index in [4.69, 9.17) is 0 Å². The second-order valence-electron chi connectivity index (χ2n) is 5.29. The van der Waals surface area contributed by atoms with Crippen LogP contribution in [0.2, 0.25) is 0 Å². The molecule has 0 bridgehead atoms. The van der Waals surface area contributed by atoms with E-state index >= 15 is 0 Å². The fraction of sp³-hybridized carbons (Fsp3) is 0.500. The summed E-state index contributed by atoms with van der Waals surface area (Å²) in [5, 5.41) is 7.02. The van der Waals surface area contributed by atoms with Gasteiger partial charge in [-0.15, -0.1) is 0 Å². The third-order valence-corrected chi connectivity index (χ3v) is 3.80. The van der Waals surface area contributed by atoms with E-state index in [-0.39, 0.29) is 24.2 Å². The predicted molar refractivity (Wildman–Crippen MR) is 74.5 cm³/mol. The molecule has 1 aliphatic rings. The Morgan fingerprint density at radius 2 is 2.15 bits per heavy atom. The van der Waals surface area contributed by atoms with Crippen molar-refractivity contribution >= 4 is 11.4 Å². The summed E-state index contributed by atoms with van der Waals surface area (Å²) in [7, 11) is 0. The van der Waals surface area contributed by atoms with E-state index < -0.39 is 0 Å². The highest BCUT2D eigenvalue weighted by molar-refractivity contribution is 5.75. The Hall–Kier alpha value is -2.11. The molecule has 2 aromatic rings. The number of amides is 1. The molecule has 0 unspecified atom stereocenters. The predicted octanol–water partition coefficient (Wildman–Crippen LogP) is 0.945. The maximum atomic E-state index is 12.1. The van der Waals surface area contributed by atoms with Crippen molar-refractivity contribution in [3.05, 3.63) is 35.0 Å². The van der Waals surface area contributed by atoms with Gasteiger partial charge >= 0.3 is 5.69 Å². The molecule has 2 heterocycles. The summed E-state index contributed by atoms with van der Waals surface area (Å²) in [6.45, 7) is -0.0244. The average Bonchev–Trinajstić information content (AvgIpc) is 2.92. The zero-order valence-electron chi connectivity index (χ0n) is 11.3. The summed E-state index contributed by atoms with van der Waals surface area (Å²) in [6.07, 6.45) is 8.91. The molecule has 1 saturated carbocycles. The number of nitrogens with one attached hydrogen (secondary N) is 1. The van der Waals surface area contributed by atoms with Crippen LogP contribution in [0.3, 0.4) is 0 Å². The monoisotopic (exact) mass is 274 g/mol. The van der Waals surface area contributed by atoms with Crippen LogP contribution in [0.4, 0.5) is 0 Å². The first-order chi connectivity index (χ1) is 9.74. The number of aromatic nitrogens is 3. The number of hydrogen-bond donors (Lipinski definition) is 1. The van der Waals surface area contributed by atoms with Crippen LogP contribution in [-0.2, 0) is 11.3 Å². The highest BCUT2D eigenvalue weighted by Gasteiger charge is 2.16. The van der Waals surface area contributed by atoms with Crippen molar-refractivity contribution in [1.29, 1.82) is 0 Å². The van der Waals surface area contributed by atoms with Gasteiger partial charge < -0.3 is 5.32 Å². The highest BCUT2D eigenvalue weighted by atomic mass is 16.2. The number of carbonyl (C=O) groups is 1. The first-order valence-corrected chi connectivity index (χ1v) is 7.06. The summed E-state index contributed by atoms with van der Waals surface area (Å²) in [6, 6.07) is 3.84. The van der Waals surface area contributed by atoms with Crippen LogP contribution in [0.25, 0.3) is 5.52 Å². The van der Waals surface area contributed by atoms with Gasteiger partial charge in [0.1, 0.15) is 6.54 Å². The number of fused-ring (bicyclic) bond motifs is 1. The molecule has 1 N–H and O–H groups in total. The zero-order valence-corrected chi connectivity index (χ0v) is 11.3. The quantitative estimate of drug-likeness (QED) is 0.906. The Bertz CT molecular complexity index is 667. The Labute approximate surface area is 116 Å². The van der Waals surface area contributed by atoms with E-state index in [0.717, 1.165) is 18.4 Å². The number of hydrogen-bond acceptors (Lipinski definition) is 3. The number of carbonyl (C=O) groups excluding carboxylic acids is 1. The minimum atomic E-state index is -0.286. The zero-order chi connectivity index (χ0) is 13.9. The molecule has 6 heteroatoms. The Balaban J connectivity index is 1.70. The maximum absolute atomic E-state index is 12.1. The van der Waals surface area contributed by atoms with Crippen molar-refractivity contribution < 1.29 is 4.79 Å². The molecule has 0 radical (unpaired) electrons. The first kappa shape index (κ1) is 12.9. The average molecular weight is 274 g/mol. The third-order valence-electron chi connectivity index (χ3n) is 3.80. The lowest BCUT2D eigenvalue weighted by Gasteiger charge is -2.22. The second-order valence-corrected chi connectivity index (χ2v) is 5.29. The highest BCUT2D eigenvalue weighted by Crippen LogP contribution is 2.17. The number of rotatable bonds is 3. The van der Waals surface area contributed by atoms with E-state index in [2.05, 4.69) is 10.4 Å². The van der Waals surface area contributed by atoms with Crippen molar-refractivity contribution in [3.63, 3.8) is 0 Å². The normalized spacial score (nSPS) is 16.4. The van der Waals surface area contributed by atoms with Gasteiger partial charge in [0.2, 0.25) is 5.91 Å². The molecule has 0 spiro atoms. The van der Waals surface area contributed by atoms with Crippen LogP contribution >= 0.6 is 0 Å². The van der Waals surface area contributed by atoms with E-state index in [9.17, 15) is 9.59 Å². The fourth-order valence-electron chi connectivity index (χ4n) is 2.74. The molecule has 3 rings (SSSR count). The Kier molecular flexibility index (Phi) is 3.54. The first-order valence-electron chi connectivity index (χ1n) is 7.06. The molecule has 106 valence electrons. The van der Waals surface area contributed by atoms with Gasteiger partial charge in [-0.1, -0.05) is 19.3 Å². The molecule has 1 fully saturated rings. The maximum Gasteiger partial charge on any atom is 0.349 e. The second kappa shape index (κ2) is 5.48. The van der Waals surface area contributed by atoms with Crippen LogP contribution in [0.5, 0.6) is 0 Å². The molecule has 20 heavy (non-hydrogen) atoms.